The van der Waals surface area contributed by atoms with Crippen molar-refractivity contribution in [1.82, 2.24) is 5.32 Å². The van der Waals surface area contributed by atoms with Crippen molar-refractivity contribution in [2.75, 3.05) is 19.9 Å². The first kappa shape index (κ1) is 12.5. The van der Waals surface area contributed by atoms with Crippen LogP contribution in [0, 0.1) is 5.82 Å². The van der Waals surface area contributed by atoms with Crippen LogP contribution in [0.2, 0.25) is 0 Å². The fourth-order valence-corrected chi connectivity index (χ4v) is 1.91. The Balaban J connectivity index is 1.84. The topological polar surface area (TPSA) is 30.5 Å². The summed E-state index contributed by atoms with van der Waals surface area (Å²) in [6.07, 6.45) is 1.05. The van der Waals surface area contributed by atoms with Gasteiger partial charge in [-0.2, -0.15) is 0 Å². The summed E-state index contributed by atoms with van der Waals surface area (Å²) in [6.45, 7) is 3.78. The lowest BCUT2D eigenvalue weighted by molar-refractivity contribution is -0.137. The fraction of sp³-hybridized carbons (Fsp3) is 0.538. The van der Waals surface area contributed by atoms with Crippen LogP contribution in [0.15, 0.2) is 24.3 Å². The van der Waals surface area contributed by atoms with Gasteiger partial charge in [-0.1, -0.05) is 18.2 Å². The van der Waals surface area contributed by atoms with Crippen molar-refractivity contribution < 1.29 is 13.9 Å². The van der Waals surface area contributed by atoms with Gasteiger partial charge in [0.05, 0.1) is 12.7 Å². The number of hydrogen-bond donors (Lipinski definition) is 1. The van der Waals surface area contributed by atoms with E-state index in [2.05, 4.69) is 5.32 Å². The van der Waals surface area contributed by atoms with Gasteiger partial charge in [-0.25, -0.2) is 4.39 Å². The molecule has 4 heteroatoms. The van der Waals surface area contributed by atoms with Gasteiger partial charge in [-0.05, 0) is 19.4 Å². The summed E-state index contributed by atoms with van der Waals surface area (Å²) in [5, 5.41) is 3.29. The average molecular weight is 239 g/mol. The Hall–Kier alpha value is -0.970. The lowest BCUT2D eigenvalue weighted by atomic mass is 10.1. The highest BCUT2D eigenvalue weighted by Crippen LogP contribution is 2.16. The van der Waals surface area contributed by atoms with Crippen LogP contribution < -0.4 is 5.32 Å². The van der Waals surface area contributed by atoms with Crippen LogP contribution >= 0.6 is 0 Å². The number of rotatable bonds is 4. The van der Waals surface area contributed by atoms with E-state index < -0.39 is 0 Å². The van der Waals surface area contributed by atoms with Gasteiger partial charge >= 0.3 is 0 Å². The van der Waals surface area contributed by atoms with E-state index in [1.165, 1.54) is 6.07 Å². The van der Waals surface area contributed by atoms with E-state index in [0.717, 1.165) is 19.6 Å². The number of hydrogen-bond acceptors (Lipinski definition) is 3. The molecule has 1 aliphatic rings. The number of ether oxygens (including phenoxy) is 2. The predicted molar refractivity (Wildman–Crippen MR) is 63.1 cm³/mol. The molecule has 1 aromatic carbocycles. The van der Waals surface area contributed by atoms with E-state index in [-0.39, 0.29) is 18.0 Å². The number of halogens is 1. The molecule has 1 saturated heterocycles. The fourth-order valence-electron chi connectivity index (χ4n) is 1.91. The Morgan fingerprint density at radius 3 is 3.00 bits per heavy atom. The molecule has 1 fully saturated rings. The molecule has 2 atom stereocenters. The molecule has 0 saturated carbocycles. The van der Waals surface area contributed by atoms with Crippen LogP contribution in [-0.4, -0.2) is 26.0 Å². The van der Waals surface area contributed by atoms with Gasteiger partial charge in [0.1, 0.15) is 12.6 Å². The largest absolute Gasteiger partial charge is 0.355 e. The van der Waals surface area contributed by atoms with Gasteiger partial charge < -0.3 is 14.8 Å². The molecule has 0 radical (unpaired) electrons. The minimum absolute atomic E-state index is 0.0114. The minimum Gasteiger partial charge on any atom is -0.355 e. The molecule has 1 N–H and O–H groups in total. The minimum atomic E-state index is -0.166. The molecule has 0 aromatic heterocycles. The Kier molecular flexibility index (Phi) is 4.48. The summed E-state index contributed by atoms with van der Waals surface area (Å²) in [4.78, 5) is 0. The first-order valence-electron chi connectivity index (χ1n) is 5.94. The highest BCUT2D eigenvalue weighted by molar-refractivity contribution is 5.20. The van der Waals surface area contributed by atoms with Crippen LogP contribution in [0.5, 0.6) is 0 Å². The predicted octanol–water partition coefficient (Wildman–Crippen LogP) is 2.24. The van der Waals surface area contributed by atoms with Gasteiger partial charge in [-0.15, -0.1) is 0 Å². The highest BCUT2D eigenvalue weighted by Gasteiger charge is 2.16. The number of nitrogens with one attached hydrogen (secondary N) is 1. The molecule has 2 rings (SSSR count). The van der Waals surface area contributed by atoms with Crippen molar-refractivity contribution >= 4 is 0 Å². The Morgan fingerprint density at radius 1 is 1.47 bits per heavy atom. The van der Waals surface area contributed by atoms with E-state index in [1.54, 1.807) is 12.1 Å². The van der Waals surface area contributed by atoms with Crippen molar-refractivity contribution in [2.24, 2.45) is 0 Å². The molecule has 0 spiro atoms. The smallest absolute Gasteiger partial charge is 0.147 e. The standard InChI is InChI=1S/C13H18FNO2/c1-10(12-4-2-3-5-13(12)14)15-8-11-6-7-16-9-17-11/h2-5,10-11,15H,6-9H2,1H3/t10-,11?/m1/s1. The molecule has 94 valence electrons. The number of benzene rings is 1. The molecular formula is C13H18FNO2. The maximum Gasteiger partial charge on any atom is 0.147 e. The van der Waals surface area contributed by atoms with Gasteiger partial charge in [0, 0.05) is 18.2 Å². The Labute approximate surface area is 101 Å². The van der Waals surface area contributed by atoms with E-state index in [9.17, 15) is 4.39 Å². The zero-order valence-electron chi connectivity index (χ0n) is 9.99. The van der Waals surface area contributed by atoms with E-state index in [4.69, 9.17) is 9.47 Å². The summed E-state index contributed by atoms with van der Waals surface area (Å²) in [5.41, 5.74) is 0.694. The summed E-state index contributed by atoms with van der Waals surface area (Å²) < 4.78 is 24.0. The van der Waals surface area contributed by atoms with Crippen molar-refractivity contribution in [3.05, 3.63) is 35.6 Å². The van der Waals surface area contributed by atoms with Gasteiger partial charge in [0.25, 0.3) is 0 Å². The second-order valence-electron chi connectivity index (χ2n) is 4.25. The molecule has 1 aliphatic heterocycles. The Bertz CT molecular complexity index is 353. The molecule has 3 nitrogen and oxygen atoms in total. The highest BCUT2D eigenvalue weighted by atomic mass is 19.1. The third-order valence-corrected chi connectivity index (χ3v) is 2.99. The van der Waals surface area contributed by atoms with Crippen LogP contribution in [0.25, 0.3) is 0 Å². The molecule has 0 bridgehead atoms. The van der Waals surface area contributed by atoms with Gasteiger partial charge in [0.15, 0.2) is 0 Å². The van der Waals surface area contributed by atoms with E-state index >= 15 is 0 Å². The molecule has 1 heterocycles. The molecule has 17 heavy (non-hydrogen) atoms. The summed E-state index contributed by atoms with van der Waals surface area (Å²) >= 11 is 0. The maximum atomic E-state index is 13.5. The van der Waals surface area contributed by atoms with Crippen molar-refractivity contribution in [3.8, 4) is 0 Å². The van der Waals surface area contributed by atoms with Gasteiger partial charge in [0.2, 0.25) is 0 Å². The molecule has 1 aromatic rings. The lowest BCUT2D eigenvalue weighted by Gasteiger charge is -2.25. The van der Waals surface area contributed by atoms with Crippen LogP contribution in [-0.2, 0) is 9.47 Å². The van der Waals surface area contributed by atoms with Crippen LogP contribution in [0.4, 0.5) is 4.39 Å². The summed E-state index contributed by atoms with van der Waals surface area (Å²) in [6, 6.07) is 6.83. The molecule has 1 unspecified atom stereocenters. The molecule has 0 amide bonds. The van der Waals surface area contributed by atoms with E-state index in [1.807, 2.05) is 13.0 Å². The van der Waals surface area contributed by atoms with Crippen molar-refractivity contribution in [3.63, 3.8) is 0 Å². The summed E-state index contributed by atoms with van der Waals surface area (Å²) in [5.74, 6) is -0.166. The van der Waals surface area contributed by atoms with E-state index in [0.29, 0.717) is 12.4 Å². The molecule has 0 aliphatic carbocycles. The quantitative estimate of drug-likeness (QED) is 0.874. The monoisotopic (exact) mass is 239 g/mol. The maximum absolute atomic E-state index is 13.5. The lowest BCUT2D eigenvalue weighted by Crippen LogP contribution is -2.35. The van der Waals surface area contributed by atoms with Crippen molar-refractivity contribution in [1.29, 1.82) is 0 Å². The average Bonchev–Trinajstić information content (AvgIpc) is 2.38. The first-order valence-corrected chi connectivity index (χ1v) is 5.94. The van der Waals surface area contributed by atoms with Crippen LogP contribution in [0.1, 0.15) is 24.9 Å². The third-order valence-electron chi connectivity index (χ3n) is 2.99. The third kappa shape index (κ3) is 3.49. The normalized spacial score (nSPS) is 22.4. The SMILES string of the molecule is C[C@@H](NCC1CCOCO1)c1ccccc1F. The Morgan fingerprint density at radius 2 is 2.29 bits per heavy atom. The van der Waals surface area contributed by atoms with Gasteiger partial charge in [-0.3, -0.25) is 0 Å². The zero-order chi connectivity index (χ0) is 12.1. The van der Waals surface area contributed by atoms with Crippen molar-refractivity contribution in [2.45, 2.75) is 25.5 Å². The molecular weight excluding hydrogens is 221 g/mol. The zero-order valence-corrected chi connectivity index (χ0v) is 9.99. The van der Waals surface area contributed by atoms with Crippen LogP contribution in [0.3, 0.4) is 0 Å². The summed E-state index contributed by atoms with van der Waals surface area (Å²) in [7, 11) is 0. The first-order chi connectivity index (χ1) is 8.27. The second kappa shape index (κ2) is 6.10. The second-order valence-corrected chi connectivity index (χ2v) is 4.25.